The zero-order chi connectivity index (χ0) is 32.5. The van der Waals surface area contributed by atoms with Gasteiger partial charge in [0.25, 0.3) is 5.91 Å². The smallest absolute Gasteiger partial charge is 0.430 e. The number of hydrogen-bond acceptors (Lipinski definition) is 6. The Hall–Kier alpha value is -4.80. The van der Waals surface area contributed by atoms with Crippen LogP contribution in [0.4, 0.5) is 23.7 Å². The van der Waals surface area contributed by atoms with Crippen molar-refractivity contribution in [2.24, 2.45) is 22.4 Å². The van der Waals surface area contributed by atoms with E-state index in [1.54, 1.807) is 39.0 Å². The number of nitrogens with two attached hydrogens (primary N) is 2. The molecule has 2 atom stereocenters. The molecule has 0 aliphatic heterocycles. The lowest BCUT2D eigenvalue weighted by Gasteiger charge is -2.27. The first kappa shape index (κ1) is 33.7. The van der Waals surface area contributed by atoms with Crippen LogP contribution in [0.1, 0.15) is 50.7 Å². The van der Waals surface area contributed by atoms with Crippen LogP contribution in [-0.4, -0.2) is 29.5 Å². The number of alkyl carbamates (subject to hydrolysis) is 1. The average molecular weight is 610 g/mol. The Kier molecular flexibility index (Phi) is 11.2. The van der Waals surface area contributed by atoms with Crippen LogP contribution in [0.5, 0.6) is 0 Å². The molecule has 1 aliphatic rings. The third-order valence-electron chi connectivity index (χ3n) is 6.43. The molecule has 0 saturated carbocycles. The van der Waals surface area contributed by atoms with E-state index in [0.29, 0.717) is 35.9 Å². The fourth-order valence-corrected chi connectivity index (χ4v) is 4.51. The fourth-order valence-electron chi connectivity index (χ4n) is 4.51. The molecule has 6 N–H and O–H groups in total. The van der Waals surface area contributed by atoms with E-state index < -0.39 is 35.2 Å². The predicted molar refractivity (Wildman–Crippen MR) is 166 cm³/mol. The zero-order valence-electron chi connectivity index (χ0n) is 24.9. The van der Waals surface area contributed by atoms with Crippen molar-refractivity contribution in [3.05, 3.63) is 114 Å². The number of nitrogens with zero attached hydrogens (tertiary/aromatic N) is 1. The van der Waals surface area contributed by atoms with E-state index in [9.17, 15) is 22.8 Å². The van der Waals surface area contributed by atoms with Gasteiger partial charge in [0.15, 0.2) is 0 Å². The van der Waals surface area contributed by atoms with Gasteiger partial charge in [0.2, 0.25) is 0 Å². The number of nitrogens with one attached hydrogen (secondary N) is 2. The number of halogens is 3. The minimum atomic E-state index is -4.87. The minimum absolute atomic E-state index is 0.0310. The third-order valence-corrected chi connectivity index (χ3v) is 6.43. The Morgan fingerprint density at radius 2 is 1.82 bits per heavy atom. The van der Waals surface area contributed by atoms with Crippen LogP contribution in [0, 0.1) is 5.92 Å². The summed E-state index contributed by atoms with van der Waals surface area (Å²) in [6.07, 6.45) is 1.59. The van der Waals surface area contributed by atoms with Gasteiger partial charge in [0, 0.05) is 17.9 Å². The summed E-state index contributed by atoms with van der Waals surface area (Å²) in [6.45, 7) is 9.10. The van der Waals surface area contributed by atoms with Gasteiger partial charge in [-0.3, -0.25) is 4.79 Å². The van der Waals surface area contributed by atoms with Gasteiger partial charge in [-0.1, -0.05) is 61.2 Å². The maximum Gasteiger partial charge on any atom is 0.430 e. The van der Waals surface area contributed by atoms with Crippen molar-refractivity contribution >= 4 is 23.4 Å². The number of amides is 2. The Labute approximate surface area is 255 Å². The van der Waals surface area contributed by atoms with E-state index in [4.69, 9.17) is 16.2 Å². The topological polar surface area (TPSA) is 132 Å². The lowest BCUT2D eigenvalue weighted by atomic mass is 9.79. The Bertz CT molecular complexity index is 1470. The lowest BCUT2D eigenvalue weighted by molar-refractivity contribution is -0.114. The Morgan fingerprint density at radius 1 is 1.11 bits per heavy atom. The van der Waals surface area contributed by atoms with Crippen molar-refractivity contribution in [2.75, 3.05) is 0 Å². The molecule has 234 valence electrons. The van der Waals surface area contributed by atoms with E-state index in [1.165, 1.54) is 12.1 Å². The summed E-state index contributed by atoms with van der Waals surface area (Å²) >= 11 is 0. The fraction of sp³-hybridized carbons (Fsp3) is 0.303. The first-order chi connectivity index (χ1) is 20.6. The number of hydrogen-bond donors (Lipinski definition) is 4. The summed E-state index contributed by atoms with van der Waals surface area (Å²) in [4.78, 5) is 29.6. The quantitative estimate of drug-likeness (QED) is 0.231. The van der Waals surface area contributed by atoms with Gasteiger partial charge in [0.05, 0.1) is 5.69 Å². The molecule has 11 heteroatoms. The first-order valence-electron chi connectivity index (χ1n) is 14.0. The maximum absolute atomic E-state index is 13.4. The van der Waals surface area contributed by atoms with Crippen LogP contribution >= 0.6 is 0 Å². The maximum atomic E-state index is 13.4. The van der Waals surface area contributed by atoms with Crippen LogP contribution in [-0.2, 0) is 16.1 Å². The van der Waals surface area contributed by atoms with Gasteiger partial charge in [-0.2, -0.15) is 13.2 Å². The predicted octanol–water partition coefficient (Wildman–Crippen LogP) is 6.41. The highest BCUT2D eigenvalue weighted by Crippen LogP contribution is 2.35. The highest BCUT2D eigenvalue weighted by atomic mass is 19.4. The van der Waals surface area contributed by atoms with Crippen LogP contribution in [0.15, 0.2) is 108 Å². The molecular weight excluding hydrogens is 571 g/mol. The van der Waals surface area contributed by atoms with E-state index in [2.05, 4.69) is 22.2 Å². The number of benzene rings is 2. The molecule has 0 radical (unpaired) electrons. The molecule has 0 bridgehead atoms. The summed E-state index contributed by atoms with van der Waals surface area (Å²) in [5, 5.41) is 5.28. The van der Waals surface area contributed by atoms with Gasteiger partial charge in [-0.05, 0) is 80.9 Å². The molecule has 8 nitrogen and oxygen atoms in total. The molecule has 2 aromatic carbocycles. The molecule has 0 heterocycles. The second-order valence-corrected chi connectivity index (χ2v) is 11.4. The largest absolute Gasteiger partial charge is 0.444 e. The van der Waals surface area contributed by atoms with E-state index in [-0.39, 0.29) is 24.1 Å². The normalized spacial score (nSPS) is 16.5. The van der Waals surface area contributed by atoms with Crippen molar-refractivity contribution in [1.29, 1.82) is 0 Å². The summed E-state index contributed by atoms with van der Waals surface area (Å²) in [6, 6.07) is 16.1. The average Bonchev–Trinajstić information content (AvgIpc) is 2.94. The summed E-state index contributed by atoms with van der Waals surface area (Å²) in [7, 11) is 0. The molecule has 0 saturated heterocycles. The van der Waals surface area contributed by atoms with Crippen molar-refractivity contribution < 1.29 is 27.5 Å². The minimum Gasteiger partial charge on any atom is -0.444 e. The highest BCUT2D eigenvalue weighted by molar-refractivity contribution is 6.44. The molecule has 2 unspecified atom stereocenters. The monoisotopic (exact) mass is 609 g/mol. The second-order valence-electron chi connectivity index (χ2n) is 11.4. The van der Waals surface area contributed by atoms with Crippen LogP contribution < -0.4 is 22.1 Å². The van der Waals surface area contributed by atoms with E-state index >= 15 is 0 Å². The standard InChI is InChI=1S/C33H38F3N5O3/c1-21(37)16-27(23-11-6-5-7-12-23)24-13-9-15-26(18-24)41-30(42)28(19-29(38)33(34,35)36)40-25-14-8-10-22(17-25)20-39-31(43)44-32(2,3)4/h5-12,14-15,17-19,24,27H,1,13,16,20,37-38H2,2-4H3,(H,39,43)(H,41,42). The number of carbonyl (C=O) groups excluding carboxylic acids is 2. The molecular formula is C33H38F3N5O3. The third kappa shape index (κ3) is 10.8. The van der Waals surface area contributed by atoms with Crippen molar-refractivity contribution in [1.82, 2.24) is 10.6 Å². The summed E-state index contributed by atoms with van der Waals surface area (Å²) in [5.41, 5.74) is 11.2. The lowest BCUT2D eigenvalue weighted by Crippen LogP contribution is -2.32. The Morgan fingerprint density at radius 3 is 2.45 bits per heavy atom. The van der Waals surface area contributed by atoms with Gasteiger partial charge in [-0.25, -0.2) is 9.79 Å². The molecule has 1 aliphatic carbocycles. The first-order valence-corrected chi connectivity index (χ1v) is 14.0. The molecule has 44 heavy (non-hydrogen) atoms. The molecule has 2 amide bonds. The van der Waals surface area contributed by atoms with Crippen LogP contribution in [0.25, 0.3) is 0 Å². The number of alkyl halides is 3. The van der Waals surface area contributed by atoms with Gasteiger partial charge >= 0.3 is 12.3 Å². The SMILES string of the molecule is C=C(N)CC(c1ccccc1)C1C=C(NC(=O)C(C=C(N)C(F)(F)F)=Nc2cccc(CNC(=O)OC(C)(C)C)c2)C=CC1. The number of allylic oxidation sites excluding steroid dienone is 5. The summed E-state index contributed by atoms with van der Waals surface area (Å²) < 4.78 is 45.3. The van der Waals surface area contributed by atoms with Crippen molar-refractivity contribution in [3.8, 4) is 0 Å². The molecule has 0 fully saturated rings. The van der Waals surface area contributed by atoms with E-state index in [1.807, 2.05) is 42.5 Å². The second kappa shape index (κ2) is 14.6. The van der Waals surface area contributed by atoms with Gasteiger partial charge < -0.3 is 26.8 Å². The van der Waals surface area contributed by atoms with E-state index in [0.717, 1.165) is 5.56 Å². The molecule has 2 aromatic rings. The van der Waals surface area contributed by atoms with Crippen molar-refractivity contribution in [3.63, 3.8) is 0 Å². The summed E-state index contributed by atoms with van der Waals surface area (Å²) in [5.74, 6) is -0.981. The van der Waals surface area contributed by atoms with Crippen molar-refractivity contribution in [2.45, 2.75) is 57.9 Å². The molecule has 3 rings (SSSR count). The number of rotatable bonds is 10. The molecule has 0 aromatic heterocycles. The van der Waals surface area contributed by atoms with Gasteiger partial charge in [-0.15, -0.1) is 0 Å². The number of carbonyl (C=O) groups is 2. The van der Waals surface area contributed by atoms with Crippen LogP contribution in [0.3, 0.4) is 0 Å². The Balaban J connectivity index is 1.88. The highest BCUT2D eigenvalue weighted by Gasteiger charge is 2.32. The van der Waals surface area contributed by atoms with Gasteiger partial charge in [0.1, 0.15) is 17.0 Å². The number of ether oxygens (including phenoxy) is 1. The number of aliphatic imine (C=N–C) groups is 1. The van der Waals surface area contributed by atoms with Crippen LogP contribution in [0.2, 0.25) is 0 Å². The molecule has 0 spiro atoms. The zero-order valence-corrected chi connectivity index (χ0v) is 24.9.